The fraction of sp³-hybridized carbons (Fsp3) is 0.111. The Hall–Kier alpha value is -2.68. The number of carbonyl (C=O) groups is 1. The summed E-state index contributed by atoms with van der Waals surface area (Å²) >= 11 is 0. The van der Waals surface area contributed by atoms with Gasteiger partial charge in [0.25, 0.3) is 0 Å². The van der Waals surface area contributed by atoms with E-state index in [-0.39, 0.29) is 37.0 Å². The molecule has 0 bridgehead atoms. The van der Waals surface area contributed by atoms with Crippen molar-refractivity contribution in [3.05, 3.63) is 71.5 Å². The number of benzene rings is 2. The molecule has 2 aromatic carbocycles. The Kier molecular flexibility index (Phi) is 4.84. The van der Waals surface area contributed by atoms with Gasteiger partial charge in [0.2, 0.25) is 6.79 Å². The molecule has 25 heavy (non-hydrogen) atoms. The van der Waals surface area contributed by atoms with Crippen molar-refractivity contribution in [3.8, 4) is 17.2 Å². The Labute approximate surface area is 156 Å². The summed E-state index contributed by atoms with van der Waals surface area (Å²) in [5.41, 5.74) is 2.86. The van der Waals surface area contributed by atoms with E-state index in [1.807, 2.05) is 36.5 Å². The van der Waals surface area contributed by atoms with Crippen molar-refractivity contribution in [1.82, 2.24) is 9.78 Å². The standard InChI is InChI=1S/C18H14N2O4.Li/c21-18(22)15-9-13(10-16-17(15)24-11-23-16)8-12-2-4-14(5-3-12)20-7-1-6-19-20;/h1-7,9-10H,8,11H2,(H,21,22);/q;+1/p-1. The molecule has 0 atom stereocenters. The second-order valence-electron chi connectivity index (χ2n) is 5.46. The van der Waals surface area contributed by atoms with E-state index in [2.05, 4.69) is 5.10 Å². The SMILES string of the molecule is O=C([O-])c1cc(Cc2ccc(-n3cccn3)cc2)cc2c1OCO2.[Li+]. The average molecular weight is 328 g/mol. The number of hydrogen-bond donors (Lipinski definition) is 0. The molecule has 0 fully saturated rings. The van der Waals surface area contributed by atoms with Crippen molar-refractivity contribution in [1.29, 1.82) is 0 Å². The van der Waals surface area contributed by atoms with Crippen LogP contribution in [0.5, 0.6) is 11.5 Å². The molecule has 0 aliphatic carbocycles. The molecule has 0 unspecified atom stereocenters. The molecule has 0 N–H and O–H groups in total. The molecule has 0 saturated heterocycles. The van der Waals surface area contributed by atoms with E-state index in [4.69, 9.17) is 9.47 Å². The number of ether oxygens (including phenoxy) is 2. The third-order valence-corrected chi connectivity index (χ3v) is 3.87. The van der Waals surface area contributed by atoms with E-state index in [1.165, 1.54) is 0 Å². The Morgan fingerprint density at radius 3 is 2.64 bits per heavy atom. The first-order valence-electron chi connectivity index (χ1n) is 7.43. The van der Waals surface area contributed by atoms with Crippen molar-refractivity contribution in [2.75, 3.05) is 6.79 Å². The molecule has 120 valence electrons. The van der Waals surface area contributed by atoms with Crippen LogP contribution in [0.4, 0.5) is 0 Å². The molecule has 2 heterocycles. The number of fused-ring (bicyclic) bond motifs is 1. The summed E-state index contributed by atoms with van der Waals surface area (Å²) in [5, 5.41) is 15.5. The second kappa shape index (κ2) is 7.05. The van der Waals surface area contributed by atoms with Gasteiger partial charge in [0.1, 0.15) is 0 Å². The molecule has 0 spiro atoms. The normalized spacial score (nSPS) is 11.8. The maximum atomic E-state index is 11.3. The van der Waals surface area contributed by atoms with Gasteiger partial charge in [-0.25, -0.2) is 4.68 Å². The predicted octanol–water partition coefficient (Wildman–Crippen LogP) is -1.44. The quantitative estimate of drug-likeness (QED) is 0.548. The van der Waals surface area contributed by atoms with Gasteiger partial charge in [-0.3, -0.25) is 0 Å². The monoisotopic (exact) mass is 328 g/mol. The van der Waals surface area contributed by atoms with Crippen LogP contribution in [-0.4, -0.2) is 22.5 Å². The van der Waals surface area contributed by atoms with Gasteiger partial charge in [-0.2, -0.15) is 5.10 Å². The number of carboxylic acids is 1. The van der Waals surface area contributed by atoms with Crippen LogP contribution in [0.2, 0.25) is 0 Å². The van der Waals surface area contributed by atoms with Crippen LogP contribution in [0.15, 0.2) is 54.9 Å². The molecule has 0 saturated carbocycles. The minimum Gasteiger partial charge on any atom is -0.545 e. The van der Waals surface area contributed by atoms with Gasteiger partial charge in [0, 0.05) is 18.0 Å². The zero-order valence-corrected chi connectivity index (χ0v) is 13.6. The Bertz CT molecular complexity index is 892. The molecule has 1 aliphatic heterocycles. The van der Waals surface area contributed by atoms with Crippen LogP contribution < -0.4 is 33.4 Å². The van der Waals surface area contributed by atoms with Crippen LogP contribution in [0.1, 0.15) is 21.5 Å². The zero-order chi connectivity index (χ0) is 16.5. The summed E-state index contributed by atoms with van der Waals surface area (Å²) in [7, 11) is 0. The third-order valence-electron chi connectivity index (χ3n) is 3.87. The number of rotatable bonds is 4. The summed E-state index contributed by atoms with van der Waals surface area (Å²) < 4.78 is 12.3. The van der Waals surface area contributed by atoms with Gasteiger partial charge in [0.15, 0.2) is 11.5 Å². The fourth-order valence-corrected chi connectivity index (χ4v) is 2.74. The van der Waals surface area contributed by atoms with E-state index >= 15 is 0 Å². The van der Waals surface area contributed by atoms with Crippen molar-refractivity contribution in [2.45, 2.75) is 6.42 Å². The number of carbonyl (C=O) groups excluding carboxylic acids is 1. The van der Waals surface area contributed by atoms with Gasteiger partial charge in [-0.1, -0.05) is 12.1 Å². The van der Waals surface area contributed by atoms with E-state index in [0.29, 0.717) is 12.2 Å². The molecule has 3 aromatic rings. The third kappa shape index (κ3) is 3.41. The van der Waals surface area contributed by atoms with Crippen molar-refractivity contribution >= 4 is 5.97 Å². The maximum absolute atomic E-state index is 11.3. The first-order chi connectivity index (χ1) is 11.7. The van der Waals surface area contributed by atoms with Gasteiger partial charge in [-0.15, -0.1) is 0 Å². The second-order valence-corrected chi connectivity index (χ2v) is 5.46. The molecule has 0 radical (unpaired) electrons. The summed E-state index contributed by atoms with van der Waals surface area (Å²) in [6.45, 7) is 0.0254. The molecular weight excluding hydrogens is 315 g/mol. The summed E-state index contributed by atoms with van der Waals surface area (Å²) in [5.74, 6) is -0.583. The number of aromatic nitrogens is 2. The average Bonchev–Trinajstić information content (AvgIpc) is 3.26. The smallest absolute Gasteiger partial charge is 0.545 e. The molecule has 6 nitrogen and oxygen atoms in total. The number of aromatic carboxylic acids is 1. The predicted molar refractivity (Wildman–Crippen MR) is 83.3 cm³/mol. The van der Waals surface area contributed by atoms with E-state index in [1.54, 1.807) is 23.0 Å². The first-order valence-corrected chi connectivity index (χ1v) is 7.43. The van der Waals surface area contributed by atoms with E-state index in [0.717, 1.165) is 16.8 Å². The number of nitrogens with zero attached hydrogens (tertiary/aromatic N) is 2. The summed E-state index contributed by atoms with van der Waals surface area (Å²) in [4.78, 5) is 11.3. The van der Waals surface area contributed by atoms with E-state index < -0.39 is 5.97 Å². The van der Waals surface area contributed by atoms with Crippen LogP contribution >= 0.6 is 0 Å². The van der Waals surface area contributed by atoms with Crippen LogP contribution in [0, 0.1) is 0 Å². The van der Waals surface area contributed by atoms with Gasteiger partial charge >= 0.3 is 18.9 Å². The van der Waals surface area contributed by atoms with Crippen molar-refractivity contribution in [3.63, 3.8) is 0 Å². The van der Waals surface area contributed by atoms with Gasteiger partial charge < -0.3 is 19.4 Å². The first kappa shape index (κ1) is 17.2. The molecule has 1 aliphatic rings. The summed E-state index contributed by atoms with van der Waals surface area (Å²) in [6.07, 6.45) is 4.18. The Morgan fingerprint density at radius 1 is 1.16 bits per heavy atom. The van der Waals surface area contributed by atoms with E-state index in [9.17, 15) is 9.90 Å². The van der Waals surface area contributed by atoms with Crippen LogP contribution in [-0.2, 0) is 6.42 Å². The van der Waals surface area contributed by atoms with Crippen molar-refractivity contribution < 1.29 is 38.2 Å². The van der Waals surface area contributed by atoms with Crippen molar-refractivity contribution in [2.24, 2.45) is 0 Å². The largest absolute Gasteiger partial charge is 1.00 e. The number of carboxylic acid groups (broad SMARTS) is 1. The van der Waals surface area contributed by atoms with Gasteiger partial charge in [0.05, 0.1) is 11.7 Å². The van der Waals surface area contributed by atoms with Gasteiger partial charge in [-0.05, 0) is 47.9 Å². The Balaban J connectivity index is 0.00000182. The van der Waals surface area contributed by atoms with Crippen LogP contribution in [0.25, 0.3) is 5.69 Å². The molecular formula is C18H13LiN2O4. The number of hydrogen-bond acceptors (Lipinski definition) is 5. The maximum Gasteiger partial charge on any atom is 1.00 e. The molecule has 7 heteroatoms. The molecule has 4 rings (SSSR count). The van der Waals surface area contributed by atoms with Crippen LogP contribution in [0.3, 0.4) is 0 Å². The minimum atomic E-state index is -1.27. The minimum absolute atomic E-state index is 0. The molecule has 0 amide bonds. The summed E-state index contributed by atoms with van der Waals surface area (Å²) in [6, 6.07) is 13.1. The fourth-order valence-electron chi connectivity index (χ4n) is 2.74. The zero-order valence-electron chi connectivity index (χ0n) is 13.6. The Morgan fingerprint density at radius 2 is 1.96 bits per heavy atom. The molecule has 1 aromatic heterocycles. The topological polar surface area (TPSA) is 76.4 Å².